The molecule has 0 saturated carbocycles. The number of methoxy groups -OCH3 is 1. The fourth-order valence-electron chi connectivity index (χ4n) is 1.53. The van der Waals surface area contributed by atoms with E-state index in [1.807, 2.05) is 6.92 Å². The molecular formula is C15H20ClN3O5. The van der Waals surface area contributed by atoms with Crippen LogP contribution in [0, 0.1) is 0 Å². The van der Waals surface area contributed by atoms with Gasteiger partial charge in [-0.15, -0.1) is 0 Å². The van der Waals surface area contributed by atoms with Gasteiger partial charge in [0.1, 0.15) is 0 Å². The van der Waals surface area contributed by atoms with Crippen LogP contribution in [0.1, 0.15) is 12.5 Å². The van der Waals surface area contributed by atoms with Gasteiger partial charge < -0.3 is 19.1 Å². The Labute approximate surface area is 145 Å². The van der Waals surface area contributed by atoms with Crippen LogP contribution in [0.4, 0.5) is 4.79 Å². The molecule has 24 heavy (non-hydrogen) atoms. The molecule has 1 aromatic carbocycles. The van der Waals surface area contributed by atoms with Gasteiger partial charge in [-0.25, -0.2) is 10.2 Å². The van der Waals surface area contributed by atoms with Crippen LogP contribution in [-0.4, -0.2) is 57.5 Å². The van der Waals surface area contributed by atoms with Gasteiger partial charge in [-0.05, 0) is 24.6 Å². The Balaban J connectivity index is 2.96. The summed E-state index contributed by atoms with van der Waals surface area (Å²) in [5.41, 5.74) is 2.74. The van der Waals surface area contributed by atoms with Gasteiger partial charge in [-0.3, -0.25) is 4.79 Å². The van der Waals surface area contributed by atoms with E-state index in [-0.39, 0.29) is 23.3 Å². The van der Waals surface area contributed by atoms with Crippen molar-refractivity contribution in [3.8, 4) is 11.5 Å². The Morgan fingerprint density at radius 2 is 2.04 bits per heavy atom. The van der Waals surface area contributed by atoms with E-state index in [1.165, 1.54) is 18.2 Å². The smallest absolute Gasteiger partial charge is 0.427 e. The maximum atomic E-state index is 11.6. The predicted molar refractivity (Wildman–Crippen MR) is 89.9 cm³/mol. The highest BCUT2D eigenvalue weighted by atomic mass is 35.5. The zero-order valence-corrected chi connectivity index (χ0v) is 14.7. The Hall–Kier alpha value is -2.48. The Bertz CT molecular complexity index is 619. The zero-order chi connectivity index (χ0) is 18.1. The Morgan fingerprint density at radius 1 is 1.33 bits per heavy atom. The van der Waals surface area contributed by atoms with Gasteiger partial charge in [0, 0.05) is 14.1 Å². The lowest BCUT2D eigenvalue weighted by Gasteiger charge is -2.16. The molecule has 8 nitrogen and oxygen atoms in total. The van der Waals surface area contributed by atoms with Gasteiger partial charge in [-0.2, -0.15) is 5.10 Å². The van der Waals surface area contributed by atoms with Crippen LogP contribution < -0.4 is 14.9 Å². The summed E-state index contributed by atoms with van der Waals surface area (Å²) in [5.74, 6) is 0.435. The summed E-state index contributed by atoms with van der Waals surface area (Å²) in [7, 11) is 4.49. The first kappa shape index (κ1) is 19.6. The van der Waals surface area contributed by atoms with Crippen LogP contribution in [0.25, 0.3) is 0 Å². The van der Waals surface area contributed by atoms with Crippen LogP contribution >= 0.6 is 11.6 Å². The van der Waals surface area contributed by atoms with Crippen molar-refractivity contribution < 1.29 is 23.8 Å². The van der Waals surface area contributed by atoms with Crippen molar-refractivity contribution in [1.29, 1.82) is 0 Å². The SMILES string of the molecule is CCOc1cc(/C=N\NC(=O)OC)cc(Cl)c1OCC(=O)N(C)C. The minimum Gasteiger partial charge on any atom is -0.490 e. The van der Waals surface area contributed by atoms with Crippen molar-refractivity contribution >= 4 is 29.8 Å². The Kier molecular flexibility index (Phi) is 7.84. The van der Waals surface area contributed by atoms with Crippen LogP contribution in [0.2, 0.25) is 5.02 Å². The number of amides is 2. The van der Waals surface area contributed by atoms with Crippen molar-refractivity contribution in [2.75, 3.05) is 34.4 Å². The molecule has 0 radical (unpaired) electrons. The molecule has 0 unspecified atom stereocenters. The summed E-state index contributed by atoms with van der Waals surface area (Å²) in [6.07, 6.45) is 0.685. The molecule has 9 heteroatoms. The van der Waals surface area contributed by atoms with Crippen molar-refractivity contribution in [2.24, 2.45) is 5.10 Å². The van der Waals surface area contributed by atoms with Crippen LogP contribution in [-0.2, 0) is 9.53 Å². The standard InChI is InChI=1S/C15H20ClN3O5/c1-5-23-12-7-10(8-17-18-15(21)22-4)6-11(16)14(12)24-9-13(20)19(2)3/h6-8H,5,9H2,1-4H3,(H,18,21)/b17-8-. The number of likely N-dealkylation sites (N-methyl/N-ethyl adjacent to an activating group) is 1. The van der Waals surface area contributed by atoms with Crippen molar-refractivity contribution in [3.05, 3.63) is 22.7 Å². The molecule has 1 aromatic rings. The highest BCUT2D eigenvalue weighted by Gasteiger charge is 2.14. The number of hydrazone groups is 1. The highest BCUT2D eigenvalue weighted by Crippen LogP contribution is 2.36. The molecule has 0 bridgehead atoms. The molecule has 0 aliphatic heterocycles. The molecule has 0 saturated heterocycles. The van der Waals surface area contributed by atoms with E-state index in [0.29, 0.717) is 17.9 Å². The summed E-state index contributed by atoms with van der Waals surface area (Å²) in [6, 6.07) is 3.20. The molecule has 0 aromatic heterocycles. The highest BCUT2D eigenvalue weighted by molar-refractivity contribution is 6.32. The summed E-state index contributed by atoms with van der Waals surface area (Å²) in [4.78, 5) is 24.0. The van der Waals surface area contributed by atoms with E-state index < -0.39 is 6.09 Å². The normalized spacial score (nSPS) is 10.4. The number of ether oxygens (including phenoxy) is 3. The molecule has 1 rings (SSSR count). The number of rotatable bonds is 7. The lowest BCUT2D eigenvalue weighted by Crippen LogP contribution is -2.27. The van der Waals surface area contributed by atoms with Crippen molar-refractivity contribution in [2.45, 2.75) is 6.92 Å². The molecule has 132 valence electrons. The van der Waals surface area contributed by atoms with Gasteiger partial charge in [0.15, 0.2) is 18.1 Å². The third-order valence-electron chi connectivity index (χ3n) is 2.73. The molecule has 0 heterocycles. The molecule has 2 amide bonds. The number of benzene rings is 1. The number of carbonyl (C=O) groups excluding carboxylic acids is 2. The van der Waals surface area contributed by atoms with Gasteiger partial charge in [0.05, 0.1) is 25.0 Å². The fourth-order valence-corrected chi connectivity index (χ4v) is 1.81. The monoisotopic (exact) mass is 357 g/mol. The van der Waals surface area contributed by atoms with Crippen LogP contribution in [0.15, 0.2) is 17.2 Å². The van der Waals surface area contributed by atoms with E-state index in [9.17, 15) is 9.59 Å². The lowest BCUT2D eigenvalue weighted by atomic mass is 10.2. The maximum absolute atomic E-state index is 11.6. The van der Waals surface area contributed by atoms with Crippen LogP contribution in [0.5, 0.6) is 11.5 Å². The van der Waals surface area contributed by atoms with Gasteiger partial charge in [0.2, 0.25) is 0 Å². The van der Waals surface area contributed by atoms with Gasteiger partial charge in [0.25, 0.3) is 5.91 Å². The number of nitrogens with zero attached hydrogens (tertiary/aromatic N) is 2. The number of halogens is 1. The average Bonchev–Trinajstić information content (AvgIpc) is 2.53. The maximum Gasteiger partial charge on any atom is 0.427 e. The molecule has 0 aliphatic rings. The van der Waals surface area contributed by atoms with E-state index in [1.54, 1.807) is 26.2 Å². The summed E-state index contributed by atoms with van der Waals surface area (Å²) < 4.78 is 15.4. The van der Waals surface area contributed by atoms with Gasteiger partial charge in [-0.1, -0.05) is 11.6 Å². The number of carbonyl (C=O) groups is 2. The number of hydrogen-bond donors (Lipinski definition) is 1. The summed E-state index contributed by atoms with van der Waals surface area (Å²) >= 11 is 6.20. The van der Waals surface area contributed by atoms with E-state index >= 15 is 0 Å². The van der Waals surface area contributed by atoms with Crippen LogP contribution in [0.3, 0.4) is 0 Å². The molecule has 0 aliphatic carbocycles. The first-order valence-electron chi connectivity index (χ1n) is 7.05. The van der Waals surface area contributed by atoms with E-state index in [2.05, 4.69) is 15.3 Å². The quantitative estimate of drug-likeness (QED) is 0.594. The minimum absolute atomic E-state index is 0.163. The summed E-state index contributed by atoms with van der Waals surface area (Å²) in [6.45, 7) is 2.03. The van der Waals surface area contributed by atoms with Crippen molar-refractivity contribution in [1.82, 2.24) is 10.3 Å². The summed E-state index contributed by atoms with van der Waals surface area (Å²) in [5, 5.41) is 3.97. The molecular weight excluding hydrogens is 338 g/mol. The number of hydrogen-bond acceptors (Lipinski definition) is 6. The second-order valence-corrected chi connectivity index (χ2v) is 5.11. The molecule has 0 atom stereocenters. The Morgan fingerprint density at radius 3 is 2.62 bits per heavy atom. The third-order valence-corrected chi connectivity index (χ3v) is 3.01. The minimum atomic E-state index is -0.690. The fraction of sp³-hybridized carbons (Fsp3) is 0.400. The largest absolute Gasteiger partial charge is 0.490 e. The second kappa shape index (κ2) is 9.61. The lowest BCUT2D eigenvalue weighted by molar-refractivity contribution is -0.130. The molecule has 0 fully saturated rings. The third kappa shape index (κ3) is 5.96. The first-order chi connectivity index (χ1) is 11.4. The topological polar surface area (TPSA) is 89.5 Å². The van der Waals surface area contributed by atoms with E-state index in [0.717, 1.165) is 0 Å². The average molecular weight is 358 g/mol. The van der Waals surface area contributed by atoms with E-state index in [4.69, 9.17) is 21.1 Å². The number of nitrogens with one attached hydrogen (secondary N) is 1. The molecule has 0 spiro atoms. The second-order valence-electron chi connectivity index (χ2n) is 4.70. The van der Waals surface area contributed by atoms with Crippen molar-refractivity contribution in [3.63, 3.8) is 0 Å². The molecule has 1 N–H and O–H groups in total. The first-order valence-corrected chi connectivity index (χ1v) is 7.43. The zero-order valence-electron chi connectivity index (χ0n) is 14.0. The van der Waals surface area contributed by atoms with Gasteiger partial charge >= 0.3 is 6.09 Å². The predicted octanol–water partition coefficient (Wildman–Crippen LogP) is 1.90.